The number of piperidine rings is 1. The van der Waals surface area contributed by atoms with Gasteiger partial charge in [-0.2, -0.15) is 4.31 Å². The molecule has 2 aliphatic rings. The Morgan fingerprint density at radius 1 is 1.00 bits per heavy atom. The summed E-state index contributed by atoms with van der Waals surface area (Å²) in [5, 5.41) is 2.99. The van der Waals surface area contributed by atoms with Crippen molar-refractivity contribution in [2.75, 3.05) is 26.2 Å². The van der Waals surface area contributed by atoms with E-state index in [-0.39, 0.29) is 35.7 Å². The number of nitrogens with one attached hydrogen (secondary N) is 1. The lowest BCUT2D eigenvalue weighted by Gasteiger charge is -2.32. The van der Waals surface area contributed by atoms with Crippen LogP contribution in [0.4, 0.5) is 0 Å². The van der Waals surface area contributed by atoms with E-state index in [2.05, 4.69) is 10.3 Å². The van der Waals surface area contributed by atoms with Gasteiger partial charge in [-0.05, 0) is 43.4 Å². The Hall–Kier alpha value is -2.78. The van der Waals surface area contributed by atoms with Crippen LogP contribution in [0.1, 0.15) is 31.2 Å². The van der Waals surface area contributed by atoms with Crippen LogP contribution in [0, 0.1) is 5.92 Å². The number of sulfonamides is 1. The fraction of sp³-hybridized carbons (Fsp3) is 0.458. The maximum atomic E-state index is 13.1. The SMILES string of the molecule is O=C(NC(Cc1ccccc1)C(=O)N1CCCC1)C1CCN(S(=O)(=O)c2cccnc2)CC1. The van der Waals surface area contributed by atoms with Crippen LogP contribution >= 0.6 is 0 Å². The highest BCUT2D eigenvalue weighted by Crippen LogP contribution is 2.24. The number of hydrogen-bond donors (Lipinski definition) is 1. The van der Waals surface area contributed by atoms with E-state index >= 15 is 0 Å². The van der Waals surface area contributed by atoms with Crippen LogP contribution in [-0.2, 0) is 26.0 Å². The molecule has 1 aromatic heterocycles. The van der Waals surface area contributed by atoms with Gasteiger partial charge in [0.2, 0.25) is 21.8 Å². The third kappa shape index (κ3) is 5.59. The molecule has 2 saturated heterocycles. The standard InChI is InChI=1S/C24H30N4O4S/c29-23(20-10-15-28(16-11-20)33(31,32)21-9-6-12-25-18-21)26-22(17-19-7-2-1-3-8-19)24(30)27-13-4-5-14-27/h1-3,6-9,12,18,20,22H,4-5,10-11,13-17H2,(H,26,29). The molecule has 33 heavy (non-hydrogen) atoms. The largest absolute Gasteiger partial charge is 0.344 e. The Kier molecular flexibility index (Phi) is 7.39. The predicted molar refractivity (Wildman–Crippen MR) is 124 cm³/mol. The third-order valence-corrected chi connectivity index (χ3v) is 8.29. The van der Waals surface area contributed by atoms with Crippen molar-refractivity contribution in [3.05, 3.63) is 60.4 Å². The fourth-order valence-corrected chi connectivity index (χ4v) is 5.94. The number of rotatable bonds is 7. The van der Waals surface area contributed by atoms with Crippen molar-refractivity contribution in [2.45, 2.75) is 43.0 Å². The highest BCUT2D eigenvalue weighted by Gasteiger charge is 2.34. The Morgan fingerprint density at radius 2 is 1.70 bits per heavy atom. The predicted octanol–water partition coefficient (Wildman–Crippen LogP) is 1.83. The molecular formula is C24H30N4O4S. The van der Waals surface area contributed by atoms with Gasteiger partial charge in [0.1, 0.15) is 10.9 Å². The molecule has 1 N–H and O–H groups in total. The van der Waals surface area contributed by atoms with Crippen LogP contribution in [0.5, 0.6) is 0 Å². The van der Waals surface area contributed by atoms with Gasteiger partial charge < -0.3 is 10.2 Å². The number of carbonyl (C=O) groups excluding carboxylic acids is 2. The summed E-state index contributed by atoms with van der Waals surface area (Å²) in [6, 6.07) is 12.2. The zero-order valence-electron chi connectivity index (χ0n) is 18.6. The van der Waals surface area contributed by atoms with E-state index in [0.717, 1.165) is 31.5 Å². The molecule has 1 unspecified atom stereocenters. The van der Waals surface area contributed by atoms with Crippen LogP contribution < -0.4 is 5.32 Å². The van der Waals surface area contributed by atoms with Crippen molar-refractivity contribution >= 4 is 21.8 Å². The summed E-state index contributed by atoms with van der Waals surface area (Å²) >= 11 is 0. The van der Waals surface area contributed by atoms with Gasteiger partial charge in [-0.1, -0.05) is 30.3 Å². The van der Waals surface area contributed by atoms with E-state index < -0.39 is 16.1 Å². The first-order valence-corrected chi connectivity index (χ1v) is 12.9. The lowest BCUT2D eigenvalue weighted by molar-refractivity contribution is -0.137. The highest BCUT2D eigenvalue weighted by atomic mass is 32.2. The molecule has 2 aliphatic heterocycles. The molecule has 0 aliphatic carbocycles. The van der Waals surface area contributed by atoms with E-state index in [9.17, 15) is 18.0 Å². The molecule has 0 saturated carbocycles. The van der Waals surface area contributed by atoms with E-state index in [1.54, 1.807) is 6.07 Å². The second kappa shape index (κ2) is 10.4. The summed E-state index contributed by atoms with van der Waals surface area (Å²) in [5.74, 6) is -0.543. The number of aromatic nitrogens is 1. The van der Waals surface area contributed by atoms with Gasteiger partial charge in [-0.3, -0.25) is 14.6 Å². The van der Waals surface area contributed by atoms with Crippen LogP contribution in [0.3, 0.4) is 0 Å². The summed E-state index contributed by atoms with van der Waals surface area (Å²) in [6.45, 7) is 1.98. The molecule has 0 radical (unpaired) electrons. The number of nitrogens with zero attached hydrogens (tertiary/aromatic N) is 3. The number of benzene rings is 1. The minimum absolute atomic E-state index is 0.0405. The number of carbonyl (C=O) groups is 2. The highest BCUT2D eigenvalue weighted by molar-refractivity contribution is 7.89. The summed E-state index contributed by atoms with van der Waals surface area (Å²) in [7, 11) is -3.62. The number of likely N-dealkylation sites (tertiary alicyclic amines) is 1. The van der Waals surface area contributed by atoms with Crippen molar-refractivity contribution < 1.29 is 18.0 Å². The zero-order chi connectivity index (χ0) is 23.3. The van der Waals surface area contributed by atoms with Gasteiger partial charge in [0, 0.05) is 50.9 Å². The van der Waals surface area contributed by atoms with Crippen LogP contribution in [0.15, 0.2) is 59.8 Å². The lowest BCUT2D eigenvalue weighted by Crippen LogP contribution is -2.51. The Bertz CT molecular complexity index is 1050. The van der Waals surface area contributed by atoms with E-state index in [1.165, 1.54) is 22.8 Å². The summed E-state index contributed by atoms with van der Waals surface area (Å²) in [6.07, 6.45) is 6.12. The first-order chi connectivity index (χ1) is 15.9. The molecular weight excluding hydrogens is 440 g/mol. The molecule has 176 valence electrons. The molecule has 1 atom stereocenters. The zero-order valence-corrected chi connectivity index (χ0v) is 19.4. The quantitative estimate of drug-likeness (QED) is 0.666. The Morgan fingerprint density at radius 3 is 2.33 bits per heavy atom. The van der Waals surface area contributed by atoms with Crippen molar-refractivity contribution in [1.82, 2.24) is 19.5 Å². The molecule has 2 aromatic rings. The molecule has 2 fully saturated rings. The van der Waals surface area contributed by atoms with E-state index in [0.29, 0.717) is 19.3 Å². The summed E-state index contributed by atoms with van der Waals surface area (Å²) in [4.78, 5) is 32.1. The Balaban J connectivity index is 1.39. The second-order valence-corrected chi connectivity index (χ2v) is 10.6. The van der Waals surface area contributed by atoms with Crippen LogP contribution in [-0.4, -0.2) is 66.6 Å². The van der Waals surface area contributed by atoms with E-state index in [4.69, 9.17) is 0 Å². The number of pyridine rings is 1. The number of hydrogen-bond acceptors (Lipinski definition) is 5. The molecule has 8 nitrogen and oxygen atoms in total. The minimum atomic E-state index is -3.62. The van der Waals surface area contributed by atoms with Crippen molar-refractivity contribution in [3.8, 4) is 0 Å². The van der Waals surface area contributed by atoms with Gasteiger partial charge in [0.25, 0.3) is 0 Å². The van der Waals surface area contributed by atoms with E-state index in [1.807, 2.05) is 35.2 Å². The molecule has 9 heteroatoms. The molecule has 1 aromatic carbocycles. The number of amides is 2. The van der Waals surface area contributed by atoms with Crippen molar-refractivity contribution in [1.29, 1.82) is 0 Å². The van der Waals surface area contributed by atoms with Gasteiger partial charge in [0.15, 0.2) is 0 Å². The molecule has 0 bridgehead atoms. The normalized spacial score (nSPS) is 18.7. The average molecular weight is 471 g/mol. The van der Waals surface area contributed by atoms with Gasteiger partial charge >= 0.3 is 0 Å². The molecule has 4 rings (SSSR count). The lowest BCUT2D eigenvalue weighted by atomic mass is 9.96. The van der Waals surface area contributed by atoms with Crippen LogP contribution in [0.2, 0.25) is 0 Å². The summed E-state index contributed by atoms with van der Waals surface area (Å²) < 4.78 is 27.0. The van der Waals surface area contributed by atoms with Crippen molar-refractivity contribution in [3.63, 3.8) is 0 Å². The topological polar surface area (TPSA) is 99.7 Å². The monoisotopic (exact) mass is 470 g/mol. The maximum absolute atomic E-state index is 13.1. The van der Waals surface area contributed by atoms with Gasteiger partial charge in [0.05, 0.1) is 0 Å². The first kappa shape index (κ1) is 23.4. The fourth-order valence-electron chi connectivity index (χ4n) is 4.50. The van der Waals surface area contributed by atoms with Gasteiger partial charge in [-0.15, -0.1) is 0 Å². The molecule has 2 amide bonds. The summed E-state index contributed by atoms with van der Waals surface area (Å²) in [5.41, 5.74) is 0.993. The molecule has 3 heterocycles. The maximum Gasteiger partial charge on any atom is 0.245 e. The second-order valence-electron chi connectivity index (χ2n) is 8.65. The van der Waals surface area contributed by atoms with Crippen LogP contribution in [0.25, 0.3) is 0 Å². The average Bonchev–Trinajstić information content (AvgIpc) is 3.39. The third-order valence-electron chi connectivity index (χ3n) is 6.41. The first-order valence-electron chi connectivity index (χ1n) is 11.5. The molecule has 0 spiro atoms. The smallest absolute Gasteiger partial charge is 0.245 e. The van der Waals surface area contributed by atoms with Crippen molar-refractivity contribution in [2.24, 2.45) is 5.92 Å². The minimum Gasteiger partial charge on any atom is -0.344 e. The Labute approximate surface area is 195 Å². The van der Waals surface area contributed by atoms with Gasteiger partial charge in [-0.25, -0.2) is 8.42 Å².